The second-order valence-electron chi connectivity index (χ2n) is 5.69. The SMILES string of the molecule is COc1ccc(C2=N/C(=C/c3cccs3)C(=O)N2c2ccccc2)cc1. The standard InChI is InChI=1S/C21H16N2O2S/c1-25-17-11-9-15(10-12-17)20-22-19(14-18-8-5-13-26-18)21(24)23(20)16-6-3-2-4-7-16/h2-14H,1H3/b19-14+. The molecule has 128 valence electrons. The number of para-hydroxylation sites is 1. The van der Waals surface area contributed by atoms with E-state index in [4.69, 9.17) is 4.74 Å². The summed E-state index contributed by atoms with van der Waals surface area (Å²) >= 11 is 1.58. The summed E-state index contributed by atoms with van der Waals surface area (Å²) in [6, 6.07) is 21.1. The van der Waals surface area contributed by atoms with Gasteiger partial charge in [0.25, 0.3) is 5.91 Å². The summed E-state index contributed by atoms with van der Waals surface area (Å²) in [7, 11) is 1.63. The molecule has 2 heterocycles. The lowest BCUT2D eigenvalue weighted by Gasteiger charge is -2.18. The lowest BCUT2D eigenvalue weighted by Crippen LogP contribution is -2.32. The van der Waals surface area contributed by atoms with Crippen LogP contribution in [0, 0.1) is 0 Å². The second-order valence-corrected chi connectivity index (χ2v) is 6.66. The number of amidine groups is 1. The van der Waals surface area contributed by atoms with E-state index >= 15 is 0 Å². The number of carbonyl (C=O) groups is 1. The van der Waals surface area contributed by atoms with Crippen LogP contribution in [0.1, 0.15) is 10.4 Å². The smallest absolute Gasteiger partial charge is 0.282 e. The maximum absolute atomic E-state index is 13.1. The number of carbonyl (C=O) groups excluding carboxylic acids is 1. The minimum atomic E-state index is -0.129. The van der Waals surface area contributed by atoms with Gasteiger partial charge in [-0.2, -0.15) is 0 Å². The second kappa shape index (κ2) is 6.98. The van der Waals surface area contributed by atoms with E-state index in [-0.39, 0.29) is 5.91 Å². The van der Waals surface area contributed by atoms with Crippen molar-refractivity contribution < 1.29 is 9.53 Å². The zero-order chi connectivity index (χ0) is 17.9. The average molecular weight is 360 g/mol. The molecule has 0 N–H and O–H groups in total. The van der Waals surface area contributed by atoms with Crippen molar-refractivity contribution in [2.75, 3.05) is 12.0 Å². The molecular weight excluding hydrogens is 344 g/mol. The van der Waals surface area contributed by atoms with Gasteiger partial charge < -0.3 is 4.74 Å². The van der Waals surface area contributed by atoms with Crippen molar-refractivity contribution in [2.24, 2.45) is 4.99 Å². The van der Waals surface area contributed by atoms with Crippen molar-refractivity contribution in [3.8, 4) is 5.75 Å². The largest absolute Gasteiger partial charge is 0.497 e. The topological polar surface area (TPSA) is 41.9 Å². The predicted octanol–water partition coefficient (Wildman–Crippen LogP) is 4.59. The predicted molar refractivity (Wildman–Crippen MR) is 106 cm³/mol. The Balaban J connectivity index is 1.81. The van der Waals surface area contributed by atoms with E-state index < -0.39 is 0 Å². The van der Waals surface area contributed by atoms with E-state index in [2.05, 4.69) is 4.99 Å². The van der Waals surface area contributed by atoms with Crippen LogP contribution in [-0.4, -0.2) is 18.9 Å². The first-order chi connectivity index (χ1) is 12.8. The minimum absolute atomic E-state index is 0.129. The molecule has 0 saturated heterocycles. The molecule has 1 aromatic heterocycles. The Bertz CT molecular complexity index is 975. The number of aliphatic imine (C=N–C) groups is 1. The number of thiophene rings is 1. The first kappa shape index (κ1) is 16.3. The van der Waals surface area contributed by atoms with Crippen molar-refractivity contribution in [1.29, 1.82) is 0 Å². The van der Waals surface area contributed by atoms with Crippen LogP contribution in [0.25, 0.3) is 6.08 Å². The molecule has 0 fully saturated rings. The molecular formula is C21H16N2O2S. The number of hydrogen-bond acceptors (Lipinski definition) is 4. The van der Waals surface area contributed by atoms with Gasteiger partial charge in [0.15, 0.2) is 0 Å². The maximum Gasteiger partial charge on any atom is 0.282 e. The van der Waals surface area contributed by atoms with Crippen LogP contribution in [-0.2, 0) is 4.79 Å². The van der Waals surface area contributed by atoms with Gasteiger partial charge in [0.2, 0.25) is 0 Å². The Hall–Kier alpha value is -3.18. The van der Waals surface area contributed by atoms with E-state index in [1.54, 1.807) is 23.3 Å². The van der Waals surface area contributed by atoms with Gasteiger partial charge in [-0.3, -0.25) is 9.69 Å². The fraction of sp³-hybridized carbons (Fsp3) is 0.0476. The number of amides is 1. The normalized spacial score (nSPS) is 15.4. The van der Waals surface area contributed by atoms with Crippen LogP contribution >= 0.6 is 11.3 Å². The quantitative estimate of drug-likeness (QED) is 0.639. The van der Waals surface area contributed by atoms with Crippen molar-refractivity contribution >= 4 is 34.8 Å². The highest BCUT2D eigenvalue weighted by molar-refractivity contribution is 7.10. The number of anilines is 1. The molecule has 0 unspecified atom stereocenters. The number of hydrogen-bond donors (Lipinski definition) is 0. The van der Waals surface area contributed by atoms with E-state index in [9.17, 15) is 4.79 Å². The van der Waals surface area contributed by atoms with Crippen LogP contribution in [0.3, 0.4) is 0 Å². The van der Waals surface area contributed by atoms with Crippen LogP contribution in [0.2, 0.25) is 0 Å². The lowest BCUT2D eigenvalue weighted by atomic mass is 10.1. The highest BCUT2D eigenvalue weighted by atomic mass is 32.1. The number of benzene rings is 2. The lowest BCUT2D eigenvalue weighted by molar-refractivity contribution is -0.113. The third-order valence-corrected chi connectivity index (χ3v) is 4.86. The molecule has 0 saturated carbocycles. The minimum Gasteiger partial charge on any atom is -0.497 e. The van der Waals surface area contributed by atoms with Gasteiger partial charge in [-0.15, -0.1) is 11.3 Å². The van der Waals surface area contributed by atoms with Crippen molar-refractivity contribution in [2.45, 2.75) is 0 Å². The Morgan fingerprint density at radius 1 is 1.00 bits per heavy atom. The third-order valence-electron chi connectivity index (χ3n) is 4.05. The van der Waals surface area contributed by atoms with Gasteiger partial charge in [0, 0.05) is 10.4 Å². The third kappa shape index (κ3) is 3.05. The summed E-state index contributed by atoms with van der Waals surface area (Å²) in [5.74, 6) is 1.25. The molecule has 4 nitrogen and oxygen atoms in total. The summed E-state index contributed by atoms with van der Waals surface area (Å²) in [5.41, 5.74) is 2.08. The van der Waals surface area contributed by atoms with Crippen molar-refractivity contribution in [1.82, 2.24) is 0 Å². The fourth-order valence-corrected chi connectivity index (χ4v) is 3.43. The monoisotopic (exact) mass is 360 g/mol. The Kier molecular flexibility index (Phi) is 4.37. The molecule has 5 heteroatoms. The first-order valence-corrected chi connectivity index (χ1v) is 9.02. The maximum atomic E-state index is 13.1. The Morgan fingerprint density at radius 3 is 2.42 bits per heavy atom. The van der Waals surface area contributed by atoms with Crippen molar-refractivity contribution in [3.63, 3.8) is 0 Å². The summed E-state index contributed by atoms with van der Waals surface area (Å²) in [6.07, 6.45) is 1.83. The summed E-state index contributed by atoms with van der Waals surface area (Å²) in [6.45, 7) is 0. The van der Waals surface area contributed by atoms with Crippen molar-refractivity contribution in [3.05, 3.63) is 88.2 Å². The molecule has 0 radical (unpaired) electrons. The molecule has 26 heavy (non-hydrogen) atoms. The van der Waals surface area contributed by atoms with E-state index in [0.717, 1.165) is 21.9 Å². The molecule has 3 aromatic rings. The molecule has 0 bridgehead atoms. The molecule has 0 aliphatic carbocycles. The van der Waals surface area contributed by atoms with E-state index in [0.29, 0.717) is 11.5 Å². The van der Waals surface area contributed by atoms with Gasteiger partial charge in [0.1, 0.15) is 17.3 Å². The highest BCUT2D eigenvalue weighted by Gasteiger charge is 2.32. The number of methoxy groups -OCH3 is 1. The molecule has 0 atom stereocenters. The van der Waals surface area contributed by atoms with Gasteiger partial charge in [-0.25, -0.2) is 4.99 Å². The van der Waals surface area contributed by atoms with E-state index in [1.807, 2.05) is 78.2 Å². The molecule has 1 aliphatic rings. The van der Waals surface area contributed by atoms with Crippen LogP contribution < -0.4 is 9.64 Å². The number of rotatable bonds is 4. The van der Waals surface area contributed by atoms with Crippen LogP contribution in [0.5, 0.6) is 5.75 Å². The Labute approximate surface area is 155 Å². The zero-order valence-electron chi connectivity index (χ0n) is 14.1. The summed E-state index contributed by atoms with van der Waals surface area (Å²) < 4.78 is 5.23. The highest BCUT2D eigenvalue weighted by Crippen LogP contribution is 2.28. The molecule has 0 spiro atoms. The molecule has 1 aliphatic heterocycles. The number of nitrogens with zero attached hydrogens (tertiary/aromatic N) is 2. The Morgan fingerprint density at radius 2 is 1.77 bits per heavy atom. The summed E-state index contributed by atoms with van der Waals surface area (Å²) in [4.78, 5) is 20.4. The van der Waals surface area contributed by atoms with Gasteiger partial charge >= 0.3 is 0 Å². The fourth-order valence-electron chi connectivity index (χ4n) is 2.78. The molecule has 1 amide bonds. The van der Waals surface area contributed by atoms with Gasteiger partial charge in [-0.05, 0) is 53.9 Å². The number of ether oxygens (including phenoxy) is 1. The van der Waals surface area contributed by atoms with E-state index in [1.165, 1.54) is 0 Å². The summed E-state index contributed by atoms with van der Waals surface area (Å²) in [5, 5.41) is 1.98. The first-order valence-electron chi connectivity index (χ1n) is 8.14. The van der Waals surface area contributed by atoms with Gasteiger partial charge in [-0.1, -0.05) is 24.3 Å². The van der Waals surface area contributed by atoms with Gasteiger partial charge in [0.05, 0.1) is 12.8 Å². The zero-order valence-corrected chi connectivity index (χ0v) is 14.9. The van der Waals surface area contributed by atoms with Crippen LogP contribution in [0.15, 0.2) is 82.8 Å². The average Bonchev–Trinajstić information content (AvgIpc) is 3.31. The van der Waals surface area contributed by atoms with Crippen LogP contribution in [0.4, 0.5) is 5.69 Å². The molecule has 4 rings (SSSR count). The molecule has 2 aromatic carbocycles.